The molecule has 1 heterocycles. The molecular formula is C25H26FN3O2. The molecule has 0 radical (unpaired) electrons. The van der Waals surface area contributed by atoms with Crippen LogP contribution in [0.4, 0.5) is 15.8 Å². The van der Waals surface area contributed by atoms with Crippen molar-refractivity contribution in [1.29, 1.82) is 0 Å². The standard InChI is InChI=1S/C25H26FN3O2/c1-15-22(25(31)28-18-11-9-17(26)10-12-18)23(16-7-13-19(14-8-16)29(2)3)24-20(27-15)5-4-6-21(24)30/h7-14,23,27H,4-6H2,1-3H3,(H,28,31). The van der Waals surface area contributed by atoms with Crippen molar-refractivity contribution in [3.63, 3.8) is 0 Å². The monoisotopic (exact) mass is 419 g/mol. The lowest BCUT2D eigenvalue weighted by atomic mass is 9.75. The van der Waals surface area contributed by atoms with E-state index < -0.39 is 5.92 Å². The van der Waals surface area contributed by atoms with Gasteiger partial charge in [0.25, 0.3) is 5.91 Å². The van der Waals surface area contributed by atoms with Crippen molar-refractivity contribution in [2.75, 3.05) is 24.3 Å². The number of dihydropyridines is 1. The Morgan fingerprint density at radius 2 is 1.74 bits per heavy atom. The summed E-state index contributed by atoms with van der Waals surface area (Å²) in [5.74, 6) is -1.03. The Morgan fingerprint density at radius 1 is 1.06 bits per heavy atom. The molecule has 0 bridgehead atoms. The van der Waals surface area contributed by atoms with Crippen molar-refractivity contribution in [3.05, 3.63) is 82.5 Å². The maximum Gasteiger partial charge on any atom is 0.254 e. The maximum absolute atomic E-state index is 13.4. The number of rotatable bonds is 4. The van der Waals surface area contributed by atoms with Crippen LogP contribution in [0.25, 0.3) is 0 Å². The quantitative estimate of drug-likeness (QED) is 0.766. The van der Waals surface area contributed by atoms with Crippen LogP contribution in [-0.2, 0) is 9.59 Å². The lowest BCUT2D eigenvalue weighted by Gasteiger charge is -2.34. The van der Waals surface area contributed by atoms with E-state index in [2.05, 4.69) is 10.6 Å². The molecule has 2 aromatic rings. The summed E-state index contributed by atoms with van der Waals surface area (Å²) in [7, 11) is 3.94. The number of benzene rings is 2. The molecular weight excluding hydrogens is 393 g/mol. The van der Waals surface area contributed by atoms with Gasteiger partial charge in [0, 0.05) is 60.3 Å². The summed E-state index contributed by atoms with van der Waals surface area (Å²) in [6.45, 7) is 1.86. The van der Waals surface area contributed by atoms with Gasteiger partial charge in [0.05, 0.1) is 0 Å². The van der Waals surface area contributed by atoms with E-state index in [-0.39, 0.29) is 17.5 Å². The summed E-state index contributed by atoms with van der Waals surface area (Å²) in [4.78, 5) is 28.3. The molecule has 1 aliphatic heterocycles. The molecule has 0 spiro atoms. The molecule has 160 valence electrons. The topological polar surface area (TPSA) is 61.4 Å². The number of hydrogen-bond acceptors (Lipinski definition) is 4. The van der Waals surface area contributed by atoms with E-state index in [1.54, 1.807) is 0 Å². The minimum atomic E-state index is -0.444. The summed E-state index contributed by atoms with van der Waals surface area (Å²) >= 11 is 0. The van der Waals surface area contributed by atoms with E-state index in [1.807, 2.05) is 50.2 Å². The lowest BCUT2D eigenvalue weighted by Crippen LogP contribution is -2.35. The van der Waals surface area contributed by atoms with Crippen LogP contribution < -0.4 is 15.5 Å². The normalized spacial score (nSPS) is 18.5. The molecule has 4 rings (SSSR count). The van der Waals surface area contributed by atoms with Crippen LogP contribution in [-0.4, -0.2) is 25.8 Å². The van der Waals surface area contributed by atoms with E-state index in [4.69, 9.17) is 0 Å². The van der Waals surface area contributed by atoms with Gasteiger partial charge >= 0.3 is 0 Å². The Morgan fingerprint density at radius 3 is 2.39 bits per heavy atom. The van der Waals surface area contributed by atoms with Gasteiger partial charge in [0.15, 0.2) is 5.78 Å². The molecule has 6 heteroatoms. The van der Waals surface area contributed by atoms with Crippen molar-refractivity contribution >= 4 is 23.1 Å². The van der Waals surface area contributed by atoms with Crippen LogP contribution >= 0.6 is 0 Å². The smallest absolute Gasteiger partial charge is 0.254 e. The van der Waals surface area contributed by atoms with Gasteiger partial charge in [-0.05, 0) is 61.7 Å². The summed E-state index contributed by atoms with van der Waals surface area (Å²) in [5.41, 5.74) is 5.28. The van der Waals surface area contributed by atoms with Crippen molar-refractivity contribution in [2.45, 2.75) is 32.1 Å². The molecule has 0 saturated heterocycles. The third kappa shape index (κ3) is 4.10. The molecule has 2 aliphatic rings. The predicted molar refractivity (Wildman–Crippen MR) is 120 cm³/mol. The Labute approximate surface area is 181 Å². The minimum Gasteiger partial charge on any atom is -0.378 e. The molecule has 1 aliphatic carbocycles. The highest BCUT2D eigenvalue weighted by Crippen LogP contribution is 2.42. The third-order valence-corrected chi connectivity index (χ3v) is 5.87. The van der Waals surface area contributed by atoms with Crippen LogP contribution in [0.3, 0.4) is 0 Å². The van der Waals surface area contributed by atoms with Gasteiger partial charge in [-0.15, -0.1) is 0 Å². The summed E-state index contributed by atoms with van der Waals surface area (Å²) in [6, 6.07) is 13.6. The fourth-order valence-electron chi connectivity index (χ4n) is 4.31. The Kier molecular flexibility index (Phi) is 5.63. The average molecular weight is 420 g/mol. The molecule has 0 fully saturated rings. The van der Waals surface area contributed by atoms with Crippen molar-refractivity contribution in [3.8, 4) is 0 Å². The zero-order chi connectivity index (χ0) is 22.1. The van der Waals surface area contributed by atoms with Gasteiger partial charge in [0.2, 0.25) is 0 Å². The number of allylic oxidation sites excluding steroid dienone is 3. The molecule has 0 aromatic heterocycles. The van der Waals surface area contributed by atoms with Gasteiger partial charge in [-0.25, -0.2) is 4.39 Å². The van der Waals surface area contributed by atoms with Crippen molar-refractivity contribution in [2.24, 2.45) is 0 Å². The largest absolute Gasteiger partial charge is 0.378 e. The molecule has 2 aromatic carbocycles. The fourth-order valence-corrected chi connectivity index (χ4v) is 4.31. The molecule has 1 atom stereocenters. The highest BCUT2D eigenvalue weighted by Gasteiger charge is 2.38. The maximum atomic E-state index is 13.4. The molecule has 1 unspecified atom stereocenters. The predicted octanol–water partition coefficient (Wildman–Crippen LogP) is 4.50. The number of carbonyl (C=O) groups is 2. The van der Waals surface area contributed by atoms with Gasteiger partial charge in [0.1, 0.15) is 5.82 Å². The molecule has 5 nitrogen and oxygen atoms in total. The zero-order valence-electron chi connectivity index (χ0n) is 18.0. The first kappa shape index (κ1) is 20.8. The number of anilines is 2. The van der Waals surface area contributed by atoms with E-state index in [1.165, 1.54) is 24.3 Å². The van der Waals surface area contributed by atoms with Crippen LogP contribution in [0.5, 0.6) is 0 Å². The van der Waals surface area contributed by atoms with Crippen LogP contribution in [0.15, 0.2) is 71.1 Å². The van der Waals surface area contributed by atoms with E-state index in [0.717, 1.165) is 35.5 Å². The third-order valence-electron chi connectivity index (χ3n) is 5.87. The number of Topliss-reactive ketones (excluding diaryl/α,β-unsaturated/α-hetero) is 1. The SMILES string of the molecule is CC1=C(C(=O)Nc2ccc(F)cc2)C(c2ccc(N(C)C)cc2)C2=C(CCCC2=O)N1. The van der Waals surface area contributed by atoms with Gasteiger partial charge in [-0.2, -0.15) is 0 Å². The number of nitrogens with one attached hydrogen (secondary N) is 2. The highest BCUT2D eigenvalue weighted by molar-refractivity contribution is 6.09. The Balaban J connectivity index is 1.76. The first-order chi connectivity index (χ1) is 14.8. The number of amides is 1. The second-order valence-electron chi connectivity index (χ2n) is 8.21. The van der Waals surface area contributed by atoms with Crippen molar-refractivity contribution < 1.29 is 14.0 Å². The fraction of sp³-hybridized carbons (Fsp3) is 0.280. The van der Waals surface area contributed by atoms with Gasteiger partial charge < -0.3 is 15.5 Å². The molecule has 31 heavy (non-hydrogen) atoms. The Hall–Kier alpha value is -3.41. The molecule has 2 N–H and O–H groups in total. The summed E-state index contributed by atoms with van der Waals surface area (Å²) in [5, 5.41) is 6.18. The van der Waals surface area contributed by atoms with E-state index in [9.17, 15) is 14.0 Å². The zero-order valence-corrected chi connectivity index (χ0v) is 18.0. The summed E-state index contributed by atoms with van der Waals surface area (Å²) < 4.78 is 13.3. The summed E-state index contributed by atoms with van der Waals surface area (Å²) in [6.07, 6.45) is 2.08. The first-order valence-corrected chi connectivity index (χ1v) is 10.4. The highest BCUT2D eigenvalue weighted by atomic mass is 19.1. The second-order valence-corrected chi connectivity index (χ2v) is 8.21. The van der Waals surface area contributed by atoms with Crippen LogP contribution in [0.2, 0.25) is 0 Å². The number of hydrogen-bond donors (Lipinski definition) is 2. The van der Waals surface area contributed by atoms with E-state index in [0.29, 0.717) is 23.3 Å². The van der Waals surface area contributed by atoms with E-state index >= 15 is 0 Å². The molecule has 1 amide bonds. The Bertz CT molecular complexity index is 1080. The second kappa shape index (κ2) is 8.38. The minimum absolute atomic E-state index is 0.0787. The van der Waals surface area contributed by atoms with Crippen LogP contribution in [0.1, 0.15) is 37.7 Å². The number of carbonyl (C=O) groups excluding carboxylic acids is 2. The average Bonchev–Trinajstić information content (AvgIpc) is 2.74. The molecule has 0 saturated carbocycles. The van der Waals surface area contributed by atoms with Crippen molar-refractivity contribution in [1.82, 2.24) is 5.32 Å². The number of halogens is 1. The number of nitrogens with zero attached hydrogens (tertiary/aromatic N) is 1. The number of ketones is 1. The first-order valence-electron chi connectivity index (χ1n) is 10.4. The van der Waals surface area contributed by atoms with Crippen LogP contribution in [0, 0.1) is 5.82 Å². The van der Waals surface area contributed by atoms with Gasteiger partial charge in [-0.1, -0.05) is 12.1 Å². The lowest BCUT2D eigenvalue weighted by molar-refractivity contribution is -0.116. The van der Waals surface area contributed by atoms with Gasteiger partial charge in [-0.3, -0.25) is 9.59 Å².